The van der Waals surface area contributed by atoms with Crippen LogP contribution >= 0.6 is 11.8 Å². The zero-order valence-electron chi connectivity index (χ0n) is 4.59. The van der Waals surface area contributed by atoms with Crippen LogP contribution in [0.15, 0.2) is 0 Å². The van der Waals surface area contributed by atoms with Crippen molar-refractivity contribution in [1.29, 1.82) is 5.41 Å². The minimum atomic E-state index is 0.724. The standard InChI is InChI=1S/C4H8BNOS/c6-3-7-5-4-1-8-2-4/h3-6H,1-2H2. The summed E-state index contributed by atoms with van der Waals surface area (Å²) in [5.74, 6) is 3.16. The van der Waals surface area contributed by atoms with Crippen LogP contribution in [0.25, 0.3) is 0 Å². The lowest BCUT2D eigenvalue weighted by molar-refractivity contribution is 0.595. The average molecular weight is 129 g/mol. The highest BCUT2D eigenvalue weighted by Crippen LogP contribution is 2.28. The van der Waals surface area contributed by atoms with Gasteiger partial charge in [0, 0.05) is 0 Å². The summed E-state index contributed by atoms with van der Waals surface area (Å²) in [7, 11) is 0.747. The van der Waals surface area contributed by atoms with Gasteiger partial charge >= 0.3 is 7.48 Å². The van der Waals surface area contributed by atoms with Gasteiger partial charge in [-0.1, -0.05) is 0 Å². The van der Waals surface area contributed by atoms with Gasteiger partial charge in [0.2, 0.25) is 0 Å². The molecule has 1 aliphatic rings. The van der Waals surface area contributed by atoms with E-state index in [-0.39, 0.29) is 0 Å². The monoisotopic (exact) mass is 129 g/mol. The number of rotatable bonds is 3. The molecular weight excluding hydrogens is 121 g/mol. The Morgan fingerprint density at radius 1 is 1.75 bits per heavy atom. The fourth-order valence-electron chi connectivity index (χ4n) is 0.565. The van der Waals surface area contributed by atoms with Crippen molar-refractivity contribution in [1.82, 2.24) is 0 Å². The van der Waals surface area contributed by atoms with E-state index >= 15 is 0 Å². The van der Waals surface area contributed by atoms with Crippen LogP contribution in [0.1, 0.15) is 0 Å². The molecule has 0 radical (unpaired) electrons. The molecule has 1 N–H and O–H groups in total. The Hall–Kier alpha value is -0.115. The molecule has 0 amide bonds. The number of nitrogens with one attached hydrogen (secondary N) is 1. The second-order valence-corrected chi connectivity index (χ2v) is 2.93. The third-order valence-electron chi connectivity index (χ3n) is 1.12. The summed E-state index contributed by atoms with van der Waals surface area (Å²) in [6.07, 6.45) is 1.02. The summed E-state index contributed by atoms with van der Waals surface area (Å²) in [5, 5.41) is 6.54. The zero-order valence-corrected chi connectivity index (χ0v) is 5.41. The van der Waals surface area contributed by atoms with Crippen molar-refractivity contribution in [2.75, 3.05) is 11.5 Å². The van der Waals surface area contributed by atoms with E-state index in [0.29, 0.717) is 0 Å². The molecule has 8 heavy (non-hydrogen) atoms. The van der Waals surface area contributed by atoms with E-state index in [1.807, 2.05) is 11.8 Å². The molecule has 0 atom stereocenters. The molecule has 0 aromatic rings. The Kier molecular flexibility index (Phi) is 2.27. The summed E-state index contributed by atoms with van der Waals surface area (Å²) in [4.78, 5) is 0. The van der Waals surface area contributed by atoms with Gasteiger partial charge in [0.1, 0.15) is 6.40 Å². The maximum absolute atomic E-state index is 6.54. The van der Waals surface area contributed by atoms with Crippen LogP contribution in [0.5, 0.6) is 0 Å². The number of thioether (sulfide) groups is 1. The fraction of sp³-hybridized carbons (Fsp3) is 0.750. The summed E-state index contributed by atoms with van der Waals surface area (Å²) < 4.78 is 4.77. The Morgan fingerprint density at radius 2 is 2.50 bits per heavy atom. The normalized spacial score (nSPS) is 19.0. The molecule has 0 aromatic heterocycles. The molecule has 0 bridgehead atoms. The van der Waals surface area contributed by atoms with Crippen molar-refractivity contribution in [3.05, 3.63) is 0 Å². The van der Waals surface area contributed by atoms with Crippen LogP contribution in [0.2, 0.25) is 5.82 Å². The smallest absolute Gasteiger partial charge is 0.346 e. The molecule has 0 spiro atoms. The van der Waals surface area contributed by atoms with Crippen molar-refractivity contribution in [3.8, 4) is 0 Å². The van der Waals surface area contributed by atoms with E-state index in [4.69, 9.17) is 10.1 Å². The molecule has 0 saturated carbocycles. The second kappa shape index (κ2) is 3.02. The maximum atomic E-state index is 6.54. The minimum Gasteiger partial charge on any atom is -0.557 e. The molecule has 4 heteroatoms. The predicted octanol–water partition coefficient (Wildman–Crippen LogP) is 0.497. The minimum absolute atomic E-state index is 0.724. The molecule has 44 valence electrons. The van der Waals surface area contributed by atoms with Crippen molar-refractivity contribution < 1.29 is 4.65 Å². The molecule has 1 aliphatic heterocycles. The Morgan fingerprint density at radius 3 is 2.88 bits per heavy atom. The van der Waals surface area contributed by atoms with Gasteiger partial charge in [0.15, 0.2) is 0 Å². The van der Waals surface area contributed by atoms with Crippen LogP contribution in [0.3, 0.4) is 0 Å². The molecular formula is C4H8BNOS. The van der Waals surface area contributed by atoms with Gasteiger partial charge in [-0.3, -0.25) is 5.41 Å². The summed E-state index contributed by atoms with van der Waals surface area (Å²) in [6.45, 7) is 0. The topological polar surface area (TPSA) is 33.1 Å². The Bertz CT molecular complexity index is 86.1. The van der Waals surface area contributed by atoms with E-state index in [1.54, 1.807) is 0 Å². The highest BCUT2D eigenvalue weighted by Gasteiger charge is 2.19. The lowest BCUT2D eigenvalue weighted by atomic mass is 9.83. The van der Waals surface area contributed by atoms with Crippen molar-refractivity contribution in [3.63, 3.8) is 0 Å². The van der Waals surface area contributed by atoms with Crippen molar-refractivity contribution in [2.24, 2.45) is 0 Å². The molecule has 1 saturated heterocycles. The zero-order chi connectivity index (χ0) is 5.82. The third-order valence-corrected chi connectivity index (χ3v) is 2.54. The van der Waals surface area contributed by atoms with E-state index in [1.165, 1.54) is 11.5 Å². The molecule has 0 aromatic carbocycles. The summed E-state index contributed by atoms with van der Waals surface area (Å²) in [5.41, 5.74) is 0. The van der Waals surface area contributed by atoms with Crippen LogP contribution < -0.4 is 0 Å². The van der Waals surface area contributed by atoms with Crippen LogP contribution in [-0.2, 0) is 4.65 Å². The Balaban J connectivity index is 1.93. The highest BCUT2D eigenvalue weighted by molar-refractivity contribution is 8.00. The van der Waals surface area contributed by atoms with Gasteiger partial charge in [-0.15, -0.1) is 0 Å². The molecule has 1 rings (SSSR count). The SMILES string of the molecule is N=COBC1CSC1. The Labute approximate surface area is 53.8 Å². The molecule has 1 heterocycles. The van der Waals surface area contributed by atoms with E-state index in [2.05, 4.69) is 0 Å². The average Bonchev–Trinajstić information content (AvgIpc) is 1.63. The lowest BCUT2D eigenvalue weighted by Gasteiger charge is -2.21. The quantitative estimate of drug-likeness (QED) is 0.342. The number of hydrogen-bond donors (Lipinski definition) is 1. The highest BCUT2D eigenvalue weighted by atomic mass is 32.2. The van der Waals surface area contributed by atoms with Crippen molar-refractivity contribution >= 4 is 25.6 Å². The largest absolute Gasteiger partial charge is 0.557 e. The lowest BCUT2D eigenvalue weighted by Crippen LogP contribution is -2.19. The first-order valence-electron chi connectivity index (χ1n) is 2.62. The van der Waals surface area contributed by atoms with E-state index in [0.717, 1.165) is 19.7 Å². The predicted molar refractivity (Wildman–Crippen MR) is 38.1 cm³/mol. The molecule has 2 nitrogen and oxygen atoms in total. The van der Waals surface area contributed by atoms with Gasteiger partial charge in [-0.2, -0.15) is 11.8 Å². The molecule has 1 fully saturated rings. The van der Waals surface area contributed by atoms with Gasteiger partial charge in [-0.25, -0.2) is 0 Å². The van der Waals surface area contributed by atoms with Gasteiger partial charge in [0.25, 0.3) is 0 Å². The van der Waals surface area contributed by atoms with Gasteiger partial charge in [0.05, 0.1) is 0 Å². The van der Waals surface area contributed by atoms with Crippen molar-refractivity contribution in [2.45, 2.75) is 5.82 Å². The summed E-state index contributed by atoms with van der Waals surface area (Å²) in [6, 6.07) is 0. The van der Waals surface area contributed by atoms with Crippen LogP contribution in [0.4, 0.5) is 0 Å². The van der Waals surface area contributed by atoms with Gasteiger partial charge < -0.3 is 4.65 Å². The van der Waals surface area contributed by atoms with Crippen LogP contribution in [0, 0.1) is 5.41 Å². The molecule has 0 unspecified atom stereocenters. The third kappa shape index (κ3) is 1.44. The van der Waals surface area contributed by atoms with E-state index < -0.39 is 0 Å². The van der Waals surface area contributed by atoms with E-state index in [9.17, 15) is 0 Å². The second-order valence-electron chi connectivity index (χ2n) is 1.85. The molecule has 0 aliphatic carbocycles. The summed E-state index contributed by atoms with van der Waals surface area (Å²) >= 11 is 1.94. The number of hydrogen-bond acceptors (Lipinski definition) is 3. The fourth-order valence-corrected chi connectivity index (χ4v) is 1.33. The maximum Gasteiger partial charge on any atom is 0.346 e. The first-order valence-corrected chi connectivity index (χ1v) is 3.77. The van der Waals surface area contributed by atoms with Gasteiger partial charge in [-0.05, 0) is 17.3 Å². The van der Waals surface area contributed by atoms with Crippen LogP contribution in [-0.4, -0.2) is 25.4 Å². The first-order chi connectivity index (χ1) is 3.93. The first kappa shape index (κ1) is 6.01.